The minimum Gasteiger partial charge on any atom is -0.316 e. The number of halogens is 3. The average Bonchev–Trinajstić information content (AvgIpc) is 2.44. The van der Waals surface area contributed by atoms with Crippen LogP contribution in [0.25, 0.3) is 0 Å². The maximum atomic E-state index is 13.9. The lowest BCUT2D eigenvalue weighted by molar-refractivity contribution is 0.532. The van der Waals surface area contributed by atoms with Crippen LogP contribution >= 0.6 is 23.2 Å². The van der Waals surface area contributed by atoms with Crippen LogP contribution in [0.5, 0.6) is 0 Å². The molecule has 0 aliphatic carbocycles. The number of aryl methyl sites for hydroxylation is 1. The third-order valence-electron chi connectivity index (χ3n) is 3.60. The average molecular weight is 326 g/mol. The van der Waals surface area contributed by atoms with Crippen LogP contribution in [0.4, 0.5) is 4.39 Å². The molecule has 0 saturated heterocycles. The Morgan fingerprint density at radius 2 is 1.86 bits per heavy atom. The van der Waals surface area contributed by atoms with Crippen LogP contribution in [0.3, 0.4) is 0 Å². The van der Waals surface area contributed by atoms with Gasteiger partial charge in [-0.15, -0.1) is 0 Å². The van der Waals surface area contributed by atoms with Crippen molar-refractivity contribution in [3.8, 4) is 0 Å². The number of benzene rings is 2. The van der Waals surface area contributed by atoms with Gasteiger partial charge in [-0.05, 0) is 56.1 Å². The predicted molar refractivity (Wildman–Crippen MR) is 87.9 cm³/mol. The fourth-order valence-electron chi connectivity index (χ4n) is 2.33. The summed E-state index contributed by atoms with van der Waals surface area (Å²) < 4.78 is 13.9. The Labute approximate surface area is 135 Å². The molecule has 0 saturated carbocycles. The van der Waals surface area contributed by atoms with Crippen LogP contribution < -0.4 is 5.32 Å². The molecular formula is C17H18Cl2FN. The summed E-state index contributed by atoms with van der Waals surface area (Å²) in [6.07, 6.45) is 1.24. The van der Waals surface area contributed by atoms with Gasteiger partial charge in [0, 0.05) is 21.7 Å². The first-order valence-electron chi connectivity index (χ1n) is 6.86. The van der Waals surface area contributed by atoms with Gasteiger partial charge in [0.15, 0.2) is 0 Å². The number of hydrogen-bond acceptors (Lipinski definition) is 1. The highest BCUT2D eigenvalue weighted by Gasteiger charge is 2.15. The standard InChI is InChI=1S/C17H18Cl2FN/c1-11-6-7-12(16(19)8-11)9-13(21-2)10-14-15(18)4-3-5-17(14)20/h3-8,13,21H,9-10H2,1-2H3. The molecule has 0 aromatic heterocycles. The second-order valence-electron chi connectivity index (χ2n) is 5.19. The topological polar surface area (TPSA) is 12.0 Å². The molecule has 2 aromatic carbocycles. The van der Waals surface area contributed by atoms with Gasteiger partial charge in [-0.3, -0.25) is 0 Å². The minimum absolute atomic E-state index is 0.0691. The summed E-state index contributed by atoms with van der Waals surface area (Å²) in [4.78, 5) is 0. The Bertz CT molecular complexity index is 608. The highest BCUT2D eigenvalue weighted by molar-refractivity contribution is 6.31. The van der Waals surface area contributed by atoms with E-state index in [1.54, 1.807) is 12.1 Å². The van der Waals surface area contributed by atoms with Crippen molar-refractivity contribution in [2.24, 2.45) is 0 Å². The summed E-state index contributed by atoms with van der Waals surface area (Å²) >= 11 is 12.4. The van der Waals surface area contributed by atoms with Gasteiger partial charge in [0.25, 0.3) is 0 Å². The second-order valence-corrected chi connectivity index (χ2v) is 6.00. The molecule has 1 N–H and O–H groups in total. The van der Waals surface area contributed by atoms with Crippen LogP contribution in [0.15, 0.2) is 36.4 Å². The van der Waals surface area contributed by atoms with Crippen molar-refractivity contribution in [3.05, 3.63) is 69.0 Å². The molecule has 1 atom stereocenters. The van der Waals surface area contributed by atoms with E-state index in [0.29, 0.717) is 17.0 Å². The molecule has 1 unspecified atom stereocenters. The molecule has 0 spiro atoms. The van der Waals surface area contributed by atoms with Crippen LogP contribution in [0.2, 0.25) is 10.0 Å². The molecule has 4 heteroatoms. The summed E-state index contributed by atoms with van der Waals surface area (Å²) in [6, 6.07) is 10.8. The van der Waals surface area contributed by atoms with E-state index in [-0.39, 0.29) is 11.9 Å². The summed E-state index contributed by atoms with van der Waals surface area (Å²) in [6.45, 7) is 2.00. The number of nitrogens with one attached hydrogen (secondary N) is 1. The van der Waals surface area contributed by atoms with E-state index in [1.165, 1.54) is 6.07 Å². The van der Waals surface area contributed by atoms with Gasteiger partial charge in [0.2, 0.25) is 0 Å². The van der Waals surface area contributed by atoms with Crippen molar-refractivity contribution < 1.29 is 4.39 Å². The Morgan fingerprint density at radius 3 is 2.48 bits per heavy atom. The Kier molecular flexibility index (Phi) is 5.63. The molecule has 0 bridgehead atoms. The molecular weight excluding hydrogens is 308 g/mol. The van der Waals surface area contributed by atoms with Crippen molar-refractivity contribution in [2.45, 2.75) is 25.8 Å². The van der Waals surface area contributed by atoms with Crippen molar-refractivity contribution in [3.63, 3.8) is 0 Å². The number of hydrogen-bond donors (Lipinski definition) is 1. The van der Waals surface area contributed by atoms with Gasteiger partial charge >= 0.3 is 0 Å². The van der Waals surface area contributed by atoms with Gasteiger partial charge in [0.1, 0.15) is 5.82 Å². The first-order valence-corrected chi connectivity index (χ1v) is 7.62. The molecule has 0 heterocycles. The first-order chi connectivity index (χ1) is 10.0. The highest BCUT2D eigenvalue weighted by Crippen LogP contribution is 2.23. The highest BCUT2D eigenvalue weighted by atomic mass is 35.5. The number of likely N-dealkylation sites (N-methyl/N-ethyl adjacent to an activating group) is 1. The lowest BCUT2D eigenvalue weighted by Gasteiger charge is -2.18. The third-order valence-corrected chi connectivity index (χ3v) is 4.30. The van der Waals surface area contributed by atoms with Gasteiger partial charge in [0.05, 0.1) is 0 Å². The maximum Gasteiger partial charge on any atom is 0.127 e. The van der Waals surface area contributed by atoms with Gasteiger partial charge in [-0.1, -0.05) is 41.4 Å². The maximum absolute atomic E-state index is 13.9. The van der Waals surface area contributed by atoms with Crippen molar-refractivity contribution in [1.29, 1.82) is 0 Å². The van der Waals surface area contributed by atoms with E-state index < -0.39 is 0 Å². The molecule has 1 nitrogen and oxygen atoms in total. The van der Waals surface area contributed by atoms with Crippen molar-refractivity contribution >= 4 is 23.2 Å². The summed E-state index contributed by atoms with van der Waals surface area (Å²) in [5, 5.41) is 4.42. The van der Waals surface area contributed by atoms with E-state index in [1.807, 2.05) is 32.2 Å². The van der Waals surface area contributed by atoms with Crippen LogP contribution in [-0.2, 0) is 12.8 Å². The normalized spacial score (nSPS) is 12.4. The zero-order valence-corrected chi connectivity index (χ0v) is 13.6. The molecule has 0 aliphatic rings. The minimum atomic E-state index is -0.266. The van der Waals surface area contributed by atoms with Crippen LogP contribution in [0.1, 0.15) is 16.7 Å². The fourth-order valence-corrected chi connectivity index (χ4v) is 2.89. The van der Waals surface area contributed by atoms with E-state index in [2.05, 4.69) is 5.32 Å². The fraction of sp³-hybridized carbons (Fsp3) is 0.294. The van der Waals surface area contributed by atoms with Crippen molar-refractivity contribution in [2.75, 3.05) is 7.05 Å². The zero-order chi connectivity index (χ0) is 15.4. The Balaban J connectivity index is 2.17. The van der Waals surface area contributed by atoms with Gasteiger partial charge in [-0.2, -0.15) is 0 Å². The summed E-state index contributed by atoms with van der Waals surface area (Å²) in [5.74, 6) is -0.266. The lowest BCUT2D eigenvalue weighted by Crippen LogP contribution is -2.30. The molecule has 21 heavy (non-hydrogen) atoms. The van der Waals surface area contributed by atoms with Crippen molar-refractivity contribution in [1.82, 2.24) is 5.32 Å². The molecule has 0 radical (unpaired) electrons. The number of rotatable bonds is 5. The molecule has 2 rings (SSSR count). The van der Waals surface area contributed by atoms with E-state index in [0.717, 1.165) is 22.6 Å². The van der Waals surface area contributed by atoms with Crippen LogP contribution in [-0.4, -0.2) is 13.1 Å². The van der Waals surface area contributed by atoms with E-state index in [4.69, 9.17) is 23.2 Å². The largest absolute Gasteiger partial charge is 0.316 e. The second kappa shape index (κ2) is 7.26. The molecule has 112 valence electrons. The molecule has 2 aromatic rings. The SMILES string of the molecule is CNC(Cc1ccc(C)cc1Cl)Cc1c(F)cccc1Cl. The monoisotopic (exact) mass is 325 g/mol. The van der Waals surface area contributed by atoms with E-state index >= 15 is 0 Å². The molecule has 0 amide bonds. The third kappa shape index (κ3) is 4.19. The summed E-state index contributed by atoms with van der Waals surface area (Å²) in [5.41, 5.74) is 2.72. The smallest absolute Gasteiger partial charge is 0.127 e. The lowest BCUT2D eigenvalue weighted by atomic mass is 9.98. The van der Waals surface area contributed by atoms with Gasteiger partial charge < -0.3 is 5.32 Å². The van der Waals surface area contributed by atoms with E-state index in [9.17, 15) is 4.39 Å². The van der Waals surface area contributed by atoms with Gasteiger partial charge in [-0.25, -0.2) is 4.39 Å². The summed E-state index contributed by atoms with van der Waals surface area (Å²) in [7, 11) is 1.86. The van der Waals surface area contributed by atoms with Crippen LogP contribution in [0, 0.1) is 12.7 Å². The Morgan fingerprint density at radius 1 is 1.10 bits per heavy atom. The molecule has 0 aliphatic heterocycles. The first kappa shape index (κ1) is 16.3. The predicted octanol–water partition coefficient (Wildman–Crippen LogP) is 4.81. The quantitative estimate of drug-likeness (QED) is 0.831. The Hall–Kier alpha value is -1.09. The zero-order valence-electron chi connectivity index (χ0n) is 12.1. The molecule has 0 fully saturated rings.